The van der Waals surface area contributed by atoms with Crippen molar-refractivity contribution in [3.63, 3.8) is 0 Å². The van der Waals surface area contributed by atoms with E-state index in [-0.39, 0.29) is 24.1 Å². The minimum absolute atomic E-state index is 0.0767. The Balaban J connectivity index is 1.78. The van der Waals surface area contributed by atoms with Gasteiger partial charge in [0.2, 0.25) is 11.8 Å². The van der Waals surface area contributed by atoms with Gasteiger partial charge in [-0.15, -0.1) is 11.3 Å². The third-order valence-electron chi connectivity index (χ3n) is 7.47. The largest absolute Gasteiger partial charge is 0.433 e. The number of rotatable bonds is 9. The molecule has 4 rings (SSSR count). The number of likely N-dealkylation sites (tertiary alicyclic amines) is 1. The van der Waals surface area contributed by atoms with Crippen molar-refractivity contribution >= 4 is 39.7 Å². The molecule has 1 aliphatic rings. The van der Waals surface area contributed by atoms with Crippen molar-refractivity contribution in [2.45, 2.75) is 59.8 Å². The molecular weight excluding hydrogens is 529 g/mol. The van der Waals surface area contributed by atoms with Gasteiger partial charge >= 0.3 is 6.18 Å². The van der Waals surface area contributed by atoms with Crippen molar-refractivity contribution in [2.75, 3.05) is 13.6 Å². The van der Waals surface area contributed by atoms with E-state index in [9.17, 15) is 27.6 Å². The number of aromatic nitrogens is 2. The Hall–Kier alpha value is -3.18. The topological polar surface area (TPSA) is 83.5 Å². The zero-order valence-corrected chi connectivity index (χ0v) is 23.4. The summed E-state index contributed by atoms with van der Waals surface area (Å²) in [6, 6.07) is 4.48. The molecule has 0 aliphatic carbocycles. The van der Waals surface area contributed by atoms with Gasteiger partial charge in [0.25, 0.3) is 0 Å². The lowest BCUT2D eigenvalue weighted by Gasteiger charge is -2.21. The predicted molar refractivity (Wildman–Crippen MR) is 143 cm³/mol. The third-order valence-corrected chi connectivity index (χ3v) is 8.62. The molecule has 0 bridgehead atoms. The number of nitrogens with zero attached hydrogens (tertiary/aromatic N) is 4. The minimum atomic E-state index is -4.62. The lowest BCUT2D eigenvalue weighted by Crippen LogP contribution is -2.32. The maximum atomic E-state index is 13.8. The molecule has 0 N–H and O–H groups in total. The van der Waals surface area contributed by atoms with E-state index in [0.717, 1.165) is 12.4 Å². The van der Waals surface area contributed by atoms with Gasteiger partial charge in [-0.3, -0.25) is 19.5 Å². The summed E-state index contributed by atoms with van der Waals surface area (Å²) in [6.07, 6.45) is -1.21. The molecule has 1 saturated heterocycles. The van der Waals surface area contributed by atoms with E-state index in [2.05, 4.69) is 9.97 Å². The first-order valence-electron chi connectivity index (χ1n) is 12.7. The first-order valence-corrected chi connectivity index (χ1v) is 13.5. The number of pyridine rings is 2. The molecule has 0 radical (unpaired) electrons. The van der Waals surface area contributed by atoms with Crippen LogP contribution >= 0.6 is 11.3 Å². The van der Waals surface area contributed by atoms with Crippen LogP contribution in [-0.2, 0) is 33.6 Å². The monoisotopic (exact) mass is 560 g/mol. The van der Waals surface area contributed by atoms with Crippen LogP contribution in [0, 0.1) is 18.3 Å². The second-order valence-corrected chi connectivity index (χ2v) is 11.8. The zero-order chi connectivity index (χ0) is 28.7. The van der Waals surface area contributed by atoms with E-state index in [1.807, 2.05) is 11.9 Å². The summed E-state index contributed by atoms with van der Waals surface area (Å²) in [5, 5.41) is 0. The van der Waals surface area contributed by atoms with Crippen molar-refractivity contribution in [2.24, 2.45) is 11.3 Å². The number of alkyl halides is 3. The number of carbonyl (C=O) groups excluding carboxylic acids is 3. The van der Waals surface area contributed by atoms with Crippen LogP contribution in [0.2, 0.25) is 0 Å². The van der Waals surface area contributed by atoms with Crippen LogP contribution in [0.5, 0.6) is 0 Å². The highest BCUT2D eigenvalue weighted by Gasteiger charge is 2.51. The lowest BCUT2D eigenvalue weighted by molar-refractivity contribution is -0.142. The maximum Gasteiger partial charge on any atom is 0.433 e. The van der Waals surface area contributed by atoms with Crippen molar-refractivity contribution in [3.05, 3.63) is 46.1 Å². The van der Waals surface area contributed by atoms with E-state index in [1.54, 1.807) is 39.8 Å². The van der Waals surface area contributed by atoms with Gasteiger partial charge in [-0.25, -0.2) is 4.98 Å². The molecule has 3 aromatic heterocycles. The highest BCUT2D eigenvalue weighted by atomic mass is 32.1. The zero-order valence-electron chi connectivity index (χ0n) is 22.6. The number of carbonyl (C=O) groups is 3. The van der Waals surface area contributed by atoms with Crippen LogP contribution < -0.4 is 0 Å². The quantitative estimate of drug-likeness (QED) is 0.192. The highest BCUT2D eigenvalue weighted by Crippen LogP contribution is 2.41. The Morgan fingerprint density at radius 2 is 1.95 bits per heavy atom. The van der Waals surface area contributed by atoms with E-state index < -0.39 is 23.2 Å². The molecule has 0 spiro atoms. The van der Waals surface area contributed by atoms with E-state index in [1.165, 1.54) is 22.4 Å². The van der Waals surface area contributed by atoms with Gasteiger partial charge in [-0.05, 0) is 56.3 Å². The molecule has 2 amide bonds. The van der Waals surface area contributed by atoms with Crippen molar-refractivity contribution < 1.29 is 27.6 Å². The third kappa shape index (κ3) is 5.60. The molecular formula is C28H31F3N4O3S. The predicted octanol–water partition coefficient (Wildman–Crippen LogP) is 5.63. The summed E-state index contributed by atoms with van der Waals surface area (Å²) >= 11 is 1.29. The second kappa shape index (κ2) is 10.8. The normalized spacial score (nSPS) is 17.6. The smallest absolute Gasteiger partial charge is 0.303 e. The van der Waals surface area contributed by atoms with Gasteiger partial charge in [0, 0.05) is 35.5 Å². The Morgan fingerprint density at radius 3 is 2.56 bits per heavy atom. The Morgan fingerprint density at radius 1 is 1.23 bits per heavy atom. The van der Waals surface area contributed by atoms with Gasteiger partial charge in [-0.2, -0.15) is 13.2 Å². The molecule has 7 nitrogen and oxygen atoms in total. The summed E-state index contributed by atoms with van der Waals surface area (Å²) < 4.78 is 42.0. The molecule has 208 valence electrons. The molecule has 1 unspecified atom stereocenters. The van der Waals surface area contributed by atoms with E-state index in [4.69, 9.17) is 0 Å². The number of imide groups is 1. The molecule has 1 fully saturated rings. The number of thiophene rings is 1. The molecule has 1 aliphatic heterocycles. The van der Waals surface area contributed by atoms with Crippen LogP contribution in [0.3, 0.4) is 0 Å². The summed E-state index contributed by atoms with van der Waals surface area (Å²) in [5.74, 6) is -0.942. The molecule has 4 heterocycles. The number of unbranched alkanes of at least 4 members (excludes halogenated alkanes) is 1. The fourth-order valence-corrected chi connectivity index (χ4v) is 5.91. The molecule has 39 heavy (non-hydrogen) atoms. The number of aldehydes is 1. The number of hydrogen-bond donors (Lipinski definition) is 0. The standard InChI is InChI=1S/C28H31F3N4O3S/c1-16-12-22(28(29,30)31)33-23(20(16)15-34(5)10-6-7-11-36)19-8-9-32-21-13-18(39-24(19)21)14-35-25(37)17(2)27(3,4)26(35)38/h8-9,11-13,17H,6-7,10,14-15H2,1-5H3. The summed E-state index contributed by atoms with van der Waals surface area (Å²) in [7, 11) is 1.85. The van der Waals surface area contributed by atoms with Gasteiger partial charge in [-0.1, -0.05) is 20.8 Å². The number of halogens is 3. The van der Waals surface area contributed by atoms with E-state index in [0.29, 0.717) is 57.7 Å². The van der Waals surface area contributed by atoms with Gasteiger partial charge in [0.15, 0.2) is 0 Å². The first kappa shape index (κ1) is 28.8. The van der Waals surface area contributed by atoms with Crippen LogP contribution in [0.25, 0.3) is 21.5 Å². The average molecular weight is 561 g/mol. The van der Waals surface area contributed by atoms with Crippen LogP contribution in [0.15, 0.2) is 24.4 Å². The van der Waals surface area contributed by atoms with Gasteiger partial charge < -0.3 is 9.69 Å². The Kier molecular flexibility index (Phi) is 7.96. The van der Waals surface area contributed by atoms with Crippen molar-refractivity contribution in [1.82, 2.24) is 19.8 Å². The van der Waals surface area contributed by atoms with Crippen molar-refractivity contribution in [3.8, 4) is 11.3 Å². The minimum Gasteiger partial charge on any atom is -0.303 e. The second-order valence-electron chi connectivity index (χ2n) is 10.7. The highest BCUT2D eigenvalue weighted by molar-refractivity contribution is 7.19. The molecule has 0 aromatic carbocycles. The summed E-state index contributed by atoms with van der Waals surface area (Å²) in [5.41, 5.74) is 0.612. The first-order chi connectivity index (χ1) is 18.3. The Bertz CT molecular complexity index is 1430. The van der Waals surface area contributed by atoms with Gasteiger partial charge in [0.05, 0.1) is 27.9 Å². The fourth-order valence-electron chi connectivity index (χ4n) is 4.79. The summed E-state index contributed by atoms with van der Waals surface area (Å²) in [4.78, 5) is 48.8. The van der Waals surface area contributed by atoms with Gasteiger partial charge in [0.1, 0.15) is 12.0 Å². The lowest BCUT2D eigenvalue weighted by atomic mass is 9.82. The van der Waals surface area contributed by atoms with E-state index >= 15 is 0 Å². The number of amides is 2. The number of hydrogen-bond acceptors (Lipinski definition) is 7. The molecule has 11 heteroatoms. The van der Waals surface area contributed by atoms with Crippen LogP contribution in [-0.4, -0.2) is 51.5 Å². The van der Waals surface area contributed by atoms with Crippen molar-refractivity contribution in [1.29, 1.82) is 0 Å². The van der Waals surface area contributed by atoms with Crippen LogP contribution in [0.1, 0.15) is 55.3 Å². The summed E-state index contributed by atoms with van der Waals surface area (Å²) in [6.45, 7) is 7.90. The molecule has 0 saturated carbocycles. The Labute approximate surface area is 229 Å². The average Bonchev–Trinajstić information content (AvgIpc) is 3.34. The fraction of sp³-hybridized carbons (Fsp3) is 0.464. The SMILES string of the molecule is Cc1cc(C(F)(F)F)nc(-c2ccnc3cc(CN4C(=O)C(C)C(C)(C)C4=O)sc23)c1CN(C)CCCC=O. The number of fused-ring (bicyclic) bond motifs is 1. The molecule has 1 atom stereocenters. The molecule has 3 aromatic rings. The maximum absolute atomic E-state index is 13.8. The van der Waals surface area contributed by atoms with Crippen LogP contribution in [0.4, 0.5) is 13.2 Å². The number of aryl methyl sites for hydroxylation is 1.